The van der Waals surface area contributed by atoms with Gasteiger partial charge in [0.1, 0.15) is 0 Å². The summed E-state index contributed by atoms with van der Waals surface area (Å²) in [7, 11) is 0. The van der Waals surface area contributed by atoms with Gasteiger partial charge in [0.15, 0.2) is 0 Å². The standard InChI is InChI=1S/C21H19NO2S/c23-20(16-7-5-15(6-8-16)19-9-10-25-13-19)22-14-21(24)11-17-3-1-2-4-18(17)12-21/h1-10,13,24H,11-12,14H2,(H,22,23). The average Bonchev–Trinajstić information content (AvgIpc) is 3.27. The molecule has 2 N–H and O–H groups in total. The second kappa shape index (κ2) is 6.47. The Labute approximate surface area is 151 Å². The molecule has 1 heterocycles. The third kappa shape index (κ3) is 3.36. The predicted octanol–water partition coefficient (Wildman–Crippen LogP) is 3.67. The zero-order valence-corrected chi connectivity index (χ0v) is 14.6. The van der Waals surface area contributed by atoms with Crippen LogP contribution in [0.4, 0.5) is 0 Å². The first kappa shape index (κ1) is 16.1. The van der Waals surface area contributed by atoms with E-state index in [4.69, 9.17) is 0 Å². The normalized spacial score (nSPS) is 14.9. The van der Waals surface area contributed by atoms with Gasteiger partial charge in [-0.2, -0.15) is 11.3 Å². The van der Waals surface area contributed by atoms with Gasteiger partial charge in [-0.1, -0.05) is 36.4 Å². The second-order valence-corrected chi connectivity index (χ2v) is 7.40. The summed E-state index contributed by atoms with van der Waals surface area (Å²) in [5.74, 6) is -0.152. The van der Waals surface area contributed by atoms with E-state index in [1.807, 2.05) is 53.9 Å². The van der Waals surface area contributed by atoms with E-state index in [2.05, 4.69) is 16.8 Å². The van der Waals surface area contributed by atoms with Crippen molar-refractivity contribution in [3.8, 4) is 11.1 Å². The van der Waals surface area contributed by atoms with Gasteiger partial charge >= 0.3 is 0 Å². The highest BCUT2D eigenvalue weighted by Gasteiger charge is 2.35. The van der Waals surface area contributed by atoms with Crippen LogP contribution in [0.3, 0.4) is 0 Å². The van der Waals surface area contributed by atoms with Gasteiger partial charge in [-0.15, -0.1) is 0 Å². The first-order chi connectivity index (χ1) is 12.1. The molecule has 3 nitrogen and oxygen atoms in total. The number of aliphatic hydroxyl groups is 1. The molecule has 0 spiro atoms. The smallest absolute Gasteiger partial charge is 0.251 e. The Kier molecular flexibility index (Phi) is 4.15. The van der Waals surface area contributed by atoms with Crippen molar-refractivity contribution in [2.75, 3.05) is 6.54 Å². The third-order valence-electron chi connectivity index (χ3n) is 4.74. The molecule has 1 aliphatic carbocycles. The number of benzene rings is 2. The number of thiophene rings is 1. The quantitative estimate of drug-likeness (QED) is 0.755. The molecule has 4 heteroatoms. The zero-order chi connectivity index (χ0) is 17.3. The van der Waals surface area contributed by atoms with E-state index in [-0.39, 0.29) is 12.5 Å². The number of nitrogens with one attached hydrogen (secondary N) is 1. The van der Waals surface area contributed by atoms with Crippen molar-refractivity contribution in [3.05, 3.63) is 82.0 Å². The summed E-state index contributed by atoms with van der Waals surface area (Å²) in [4.78, 5) is 12.4. The first-order valence-electron chi connectivity index (χ1n) is 8.33. The van der Waals surface area contributed by atoms with Crippen LogP contribution in [-0.4, -0.2) is 23.2 Å². The van der Waals surface area contributed by atoms with Crippen molar-refractivity contribution in [1.82, 2.24) is 5.32 Å². The molecule has 1 amide bonds. The molecular weight excluding hydrogens is 330 g/mol. The van der Waals surface area contributed by atoms with Crippen LogP contribution < -0.4 is 5.32 Å². The summed E-state index contributed by atoms with van der Waals surface area (Å²) in [5.41, 5.74) is 4.31. The molecule has 0 aliphatic heterocycles. The van der Waals surface area contributed by atoms with Crippen LogP contribution in [0, 0.1) is 0 Å². The maximum Gasteiger partial charge on any atom is 0.251 e. The number of amides is 1. The van der Waals surface area contributed by atoms with E-state index in [9.17, 15) is 9.90 Å². The highest BCUT2D eigenvalue weighted by molar-refractivity contribution is 7.08. The number of fused-ring (bicyclic) bond motifs is 1. The van der Waals surface area contributed by atoms with Gasteiger partial charge in [0, 0.05) is 24.9 Å². The molecular formula is C21H19NO2S. The number of hydrogen-bond donors (Lipinski definition) is 2. The van der Waals surface area contributed by atoms with Gasteiger partial charge in [-0.25, -0.2) is 0 Å². The first-order valence-corrected chi connectivity index (χ1v) is 9.27. The lowest BCUT2D eigenvalue weighted by atomic mass is 10.0. The van der Waals surface area contributed by atoms with E-state index in [1.165, 1.54) is 11.1 Å². The summed E-state index contributed by atoms with van der Waals surface area (Å²) in [6, 6.07) is 17.7. The molecule has 2 aromatic carbocycles. The van der Waals surface area contributed by atoms with E-state index in [0.29, 0.717) is 18.4 Å². The monoisotopic (exact) mass is 349 g/mol. The molecule has 3 aromatic rings. The maximum atomic E-state index is 12.4. The van der Waals surface area contributed by atoms with Crippen molar-refractivity contribution in [2.24, 2.45) is 0 Å². The topological polar surface area (TPSA) is 49.3 Å². The lowest BCUT2D eigenvalue weighted by Gasteiger charge is -2.22. The lowest BCUT2D eigenvalue weighted by Crippen LogP contribution is -2.43. The third-order valence-corrected chi connectivity index (χ3v) is 5.42. The van der Waals surface area contributed by atoms with Gasteiger partial charge in [-0.05, 0) is 51.2 Å². The molecule has 0 radical (unpaired) electrons. The van der Waals surface area contributed by atoms with Crippen molar-refractivity contribution in [2.45, 2.75) is 18.4 Å². The molecule has 0 bridgehead atoms. The van der Waals surface area contributed by atoms with Crippen LogP contribution in [0.2, 0.25) is 0 Å². The van der Waals surface area contributed by atoms with E-state index in [1.54, 1.807) is 11.3 Å². The van der Waals surface area contributed by atoms with Gasteiger partial charge in [0.05, 0.1) is 5.60 Å². The number of carbonyl (C=O) groups is 1. The SMILES string of the molecule is O=C(NCC1(O)Cc2ccccc2C1)c1ccc(-c2ccsc2)cc1. The molecule has 4 rings (SSSR count). The fourth-order valence-electron chi connectivity index (χ4n) is 3.39. The van der Waals surface area contributed by atoms with Gasteiger partial charge in [-0.3, -0.25) is 4.79 Å². The molecule has 1 aliphatic rings. The average molecular weight is 349 g/mol. The van der Waals surface area contributed by atoms with Crippen LogP contribution in [0.15, 0.2) is 65.4 Å². The maximum absolute atomic E-state index is 12.4. The van der Waals surface area contributed by atoms with Crippen molar-refractivity contribution in [1.29, 1.82) is 0 Å². The molecule has 126 valence electrons. The Hall–Kier alpha value is -2.43. The van der Waals surface area contributed by atoms with Crippen LogP contribution in [0.1, 0.15) is 21.5 Å². The van der Waals surface area contributed by atoms with Crippen LogP contribution >= 0.6 is 11.3 Å². The summed E-state index contributed by atoms with van der Waals surface area (Å²) in [6.07, 6.45) is 1.17. The minimum absolute atomic E-state index is 0.152. The summed E-state index contributed by atoms with van der Waals surface area (Å²) in [6.45, 7) is 0.257. The Balaban J connectivity index is 1.40. The van der Waals surface area contributed by atoms with Crippen LogP contribution in [-0.2, 0) is 12.8 Å². The number of hydrogen-bond acceptors (Lipinski definition) is 3. The van der Waals surface area contributed by atoms with Crippen LogP contribution in [0.5, 0.6) is 0 Å². The van der Waals surface area contributed by atoms with Gasteiger partial charge < -0.3 is 10.4 Å². The molecule has 0 atom stereocenters. The van der Waals surface area contributed by atoms with Gasteiger partial charge in [0.2, 0.25) is 0 Å². The summed E-state index contributed by atoms with van der Waals surface area (Å²) in [5, 5.41) is 17.8. The fourth-order valence-corrected chi connectivity index (χ4v) is 4.05. The molecule has 0 saturated carbocycles. The lowest BCUT2D eigenvalue weighted by molar-refractivity contribution is 0.0480. The number of carbonyl (C=O) groups excluding carboxylic acids is 1. The van der Waals surface area contributed by atoms with Crippen molar-refractivity contribution < 1.29 is 9.90 Å². The Morgan fingerprint density at radius 1 is 1.00 bits per heavy atom. The molecule has 1 aromatic heterocycles. The molecule has 0 saturated heterocycles. The minimum Gasteiger partial charge on any atom is -0.387 e. The second-order valence-electron chi connectivity index (χ2n) is 6.62. The largest absolute Gasteiger partial charge is 0.387 e. The zero-order valence-electron chi connectivity index (χ0n) is 13.7. The summed E-state index contributed by atoms with van der Waals surface area (Å²) >= 11 is 1.65. The highest BCUT2D eigenvalue weighted by atomic mass is 32.1. The van der Waals surface area contributed by atoms with E-state index >= 15 is 0 Å². The van der Waals surface area contributed by atoms with E-state index < -0.39 is 5.60 Å². The van der Waals surface area contributed by atoms with E-state index in [0.717, 1.165) is 11.1 Å². The molecule has 25 heavy (non-hydrogen) atoms. The van der Waals surface area contributed by atoms with Crippen molar-refractivity contribution >= 4 is 17.2 Å². The van der Waals surface area contributed by atoms with Gasteiger partial charge in [0.25, 0.3) is 5.91 Å². The fraction of sp³-hybridized carbons (Fsp3) is 0.190. The molecule has 0 unspecified atom stereocenters. The van der Waals surface area contributed by atoms with Crippen LogP contribution in [0.25, 0.3) is 11.1 Å². The van der Waals surface area contributed by atoms with Crippen molar-refractivity contribution in [3.63, 3.8) is 0 Å². The molecule has 0 fully saturated rings. The highest BCUT2D eigenvalue weighted by Crippen LogP contribution is 2.29. The Morgan fingerprint density at radius 3 is 2.28 bits per heavy atom. The summed E-state index contributed by atoms with van der Waals surface area (Å²) < 4.78 is 0. The minimum atomic E-state index is -0.893. The Morgan fingerprint density at radius 2 is 1.68 bits per heavy atom. The predicted molar refractivity (Wildman–Crippen MR) is 101 cm³/mol. The number of rotatable bonds is 4. The Bertz CT molecular complexity index is 860.